The first-order valence-corrected chi connectivity index (χ1v) is 5.56. The average Bonchev–Trinajstić information content (AvgIpc) is 3.01. The molecule has 1 fully saturated rings. The molecule has 1 heterocycles. The van der Waals surface area contributed by atoms with Gasteiger partial charge in [-0.1, -0.05) is 11.6 Å². The van der Waals surface area contributed by atoms with Crippen molar-refractivity contribution in [3.8, 4) is 0 Å². The molecule has 1 atom stereocenters. The Morgan fingerprint density at radius 2 is 2.33 bits per heavy atom. The number of hydrogen-bond acceptors (Lipinski definition) is 3. The van der Waals surface area contributed by atoms with Gasteiger partial charge in [0.05, 0.1) is 0 Å². The van der Waals surface area contributed by atoms with Crippen molar-refractivity contribution in [1.29, 1.82) is 0 Å². The van der Waals surface area contributed by atoms with Gasteiger partial charge in [0, 0.05) is 23.8 Å². The fourth-order valence-corrected chi connectivity index (χ4v) is 1.75. The molecule has 2 rings (SSSR count). The zero-order chi connectivity index (χ0) is 10.8. The number of ether oxygens (including phenoxy) is 1. The monoisotopic (exact) mass is 227 g/mol. The Bertz CT molecular complexity index is 352. The first-order chi connectivity index (χ1) is 7.22. The maximum atomic E-state index is 9.60. The van der Waals surface area contributed by atoms with Gasteiger partial charge in [0.15, 0.2) is 6.29 Å². The Hall–Kier alpha value is -0.640. The fourth-order valence-electron chi connectivity index (χ4n) is 1.50. The predicted octanol–water partition coefficient (Wildman–Crippen LogP) is 2.64. The van der Waals surface area contributed by atoms with Crippen LogP contribution in [0.15, 0.2) is 12.1 Å². The van der Waals surface area contributed by atoms with Gasteiger partial charge in [-0.15, -0.1) is 0 Å². The van der Waals surface area contributed by atoms with E-state index in [-0.39, 0.29) is 0 Å². The molecule has 82 valence electrons. The standard InChI is InChI=1S/C11H14ClNO2/c1-2-15-11(14)8-5-6-9(7-3-4-7)13-10(8)12/h5-7,11,14H,2-4H2,1H3. The van der Waals surface area contributed by atoms with Crippen LogP contribution in [-0.2, 0) is 4.74 Å². The van der Waals surface area contributed by atoms with E-state index in [0.717, 1.165) is 5.69 Å². The van der Waals surface area contributed by atoms with Gasteiger partial charge in [-0.2, -0.15) is 0 Å². The molecule has 0 amide bonds. The van der Waals surface area contributed by atoms with Crippen molar-refractivity contribution >= 4 is 11.6 Å². The number of pyridine rings is 1. The molecule has 0 aromatic carbocycles. The lowest BCUT2D eigenvalue weighted by Crippen LogP contribution is -2.05. The molecule has 0 saturated heterocycles. The lowest BCUT2D eigenvalue weighted by atomic mass is 10.2. The minimum atomic E-state index is -0.969. The zero-order valence-electron chi connectivity index (χ0n) is 8.61. The van der Waals surface area contributed by atoms with Crippen LogP contribution in [0.1, 0.15) is 43.2 Å². The van der Waals surface area contributed by atoms with Crippen LogP contribution in [0.3, 0.4) is 0 Å². The van der Waals surface area contributed by atoms with Crippen molar-refractivity contribution in [2.24, 2.45) is 0 Å². The van der Waals surface area contributed by atoms with Crippen LogP contribution in [-0.4, -0.2) is 16.7 Å². The second-order valence-electron chi connectivity index (χ2n) is 3.70. The van der Waals surface area contributed by atoms with Crippen LogP contribution in [0.4, 0.5) is 0 Å². The highest BCUT2D eigenvalue weighted by Gasteiger charge is 2.26. The molecular weight excluding hydrogens is 214 g/mol. The number of aliphatic hydroxyl groups is 1. The molecule has 1 N–H and O–H groups in total. The number of rotatable bonds is 4. The number of aromatic nitrogens is 1. The van der Waals surface area contributed by atoms with Gasteiger partial charge in [-0.05, 0) is 31.9 Å². The number of halogens is 1. The van der Waals surface area contributed by atoms with Crippen molar-refractivity contribution < 1.29 is 9.84 Å². The Morgan fingerprint density at radius 1 is 1.60 bits per heavy atom. The van der Waals surface area contributed by atoms with Gasteiger partial charge in [-0.3, -0.25) is 0 Å². The summed E-state index contributed by atoms with van der Waals surface area (Å²) in [7, 11) is 0. The first-order valence-electron chi connectivity index (χ1n) is 5.18. The third-order valence-electron chi connectivity index (χ3n) is 2.49. The van der Waals surface area contributed by atoms with Gasteiger partial charge >= 0.3 is 0 Å². The van der Waals surface area contributed by atoms with Crippen LogP contribution >= 0.6 is 11.6 Å². The minimum Gasteiger partial charge on any atom is -0.364 e. The largest absolute Gasteiger partial charge is 0.364 e. The first kappa shape index (κ1) is 10.9. The van der Waals surface area contributed by atoms with Crippen molar-refractivity contribution in [3.63, 3.8) is 0 Å². The minimum absolute atomic E-state index is 0.348. The summed E-state index contributed by atoms with van der Waals surface area (Å²) in [5.74, 6) is 0.570. The predicted molar refractivity (Wildman–Crippen MR) is 57.8 cm³/mol. The molecule has 1 saturated carbocycles. The molecular formula is C11H14ClNO2. The number of hydrogen-bond donors (Lipinski definition) is 1. The molecule has 4 heteroatoms. The van der Waals surface area contributed by atoms with E-state index in [9.17, 15) is 5.11 Å². The van der Waals surface area contributed by atoms with E-state index >= 15 is 0 Å². The molecule has 0 spiro atoms. The number of aliphatic hydroxyl groups excluding tert-OH is 1. The third-order valence-corrected chi connectivity index (χ3v) is 2.79. The van der Waals surface area contributed by atoms with E-state index in [2.05, 4.69) is 4.98 Å². The second kappa shape index (κ2) is 4.47. The SMILES string of the molecule is CCOC(O)c1ccc(C2CC2)nc1Cl. The van der Waals surface area contributed by atoms with Gasteiger partial charge in [0.1, 0.15) is 5.15 Å². The maximum absolute atomic E-state index is 9.60. The van der Waals surface area contributed by atoms with Crippen molar-refractivity contribution in [2.75, 3.05) is 6.61 Å². The highest BCUT2D eigenvalue weighted by Crippen LogP contribution is 2.40. The van der Waals surface area contributed by atoms with Crippen molar-refractivity contribution in [1.82, 2.24) is 4.98 Å². The summed E-state index contributed by atoms with van der Waals surface area (Å²) in [6.07, 6.45) is 1.41. The normalized spacial score (nSPS) is 17.8. The quantitative estimate of drug-likeness (QED) is 0.635. The molecule has 1 aliphatic rings. The summed E-state index contributed by atoms with van der Waals surface area (Å²) >= 11 is 5.98. The molecule has 0 radical (unpaired) electrons. The van der Waals surface area contributed by atoms with Gasteiger partial charge in [-0.25, -0.2) is 4.98 Å². The van der Waals surface area contributed by atoms with Crippen LogP contribution in [0.25, 0.3) is 0 Å². The van der Waals surface area contributed by atoms with Crippen LogP contribution < -0.4 is 0 Å². The van der Waals surface area contributed by atoms with E-state index in [0.29, 0.717) is 23.2 Å². The number of nitrogens with zero attached hydrogens (tertiary/aromatic N) is 1. The topological polar surface area (TPSA) is 42.4 Å². The lowest BCUT2D eigenvalue weighted by molar-refractivity contribution is -0.0980. The summed E-state index contributed by atoms with van der Waals surface area (Å²) in [6, 6.07) is 3.71. The summed E-state index contributed by atoms with van der Waals surface area (Å²) in [5.41, 5.74) is 1.57. The highest BCUT2D eigenvalue weighted by atomic mass is 35.5. The summed E-state index contributed by atoms with van der Waals surface area (Å²) < 4.78 is 5.06. The lowest BCUT2D eigenvalue weighted by Gasteiger charge is -2.12. The molecule has 15 heavy (non-hydrogen) atoms. The Kier molecular flexibility index (Phi) is 3.24. The van der Waals surface area contributed by atoms with Gasteiger partial charge in [0.25, 0.3) is 0 Å². The molecule has 1 aromatic rings. The fraction of sp³-hybridized carbons (Fsp3) is 0.545. The summed E-state index contributed by atoms with van der Waals surface area (Å²) in [5, 5.41) is 9.95. The highest BCUT2D eigenvalue weighted by molar-refractivity contribution is 6.30. The molecule has 0 aliphatic heterocycles. The Labute approximate surface area is 94.0 Å². The van der Waals surface area contributed by atoms with Gasteiger partial charge < -0.3 is 9.84 Å². The second-order valence-corrected chi connectivity index (χ2v) is 4.06. The van der Waals surface area contributed by atoms with Crippen LogP contribution in [0.5, 0.6) is 0 Å². The molecule has 3 nitrogen and oxygen atoms in total. The maximum Gasteiger partial charge on any atom is 0.184 e. The van der Waals surface area contributed by atoms with E-state index in [4.69, 9.17) is 16.3 Å². The van der Waals surface area contributed by atoms with E-state index in [1.54, 1.807) is 6.07 Å². The Morgan fingerprint density at radius 3 is 2.87 bits per heavy atom. The zero-order valence-corrected chi connectivity index (χ0v) is 9.37. The van der Waals surface area contributed by atoms with E-state index < -0.39 is 6.29 Å². The Balaban J connectivity index is 2.17. The van der Waals surface area contributed by atoms with Gasteiger partial charge in [0.2, 0.25) is 0 Å². The molecule has 1 aliphatic carbocycles. The molecule has 0 bridgehead atoms. The smallest absolute Gasteiger partial charge is 0.184 e. The van der Waals surface area contributed by atoms with Crippen molar-refractivity contribution in [2.45, 2.75) is 32.0 Å². The average molecular weight is 228 g/mol. The van der Waals surface area contributed by atoms with E-state index in [1.807, 2.05) is 13.0 Å². The molecule has 1 aromatic heterocycles. The molecule has 1 unspecified atom stereocenters. The van der Waals surface area contributed by atoms with Crippen LogP contribution in [0, 0.1) is 0 Å². The summed E-state index contributed by atoms with van der Waals surface area (Å²) in [6.45, 7) is 2.27. The van der Waals surface area contributed by atoms with E-state index in [1.165, 1.54) is 12.8 Å². The summed E-state index contributed by atoms with van der Waals surface area (Å²) in [4.78, 5) is 4.26. The van der Waals surface area contributed by atoms with Crippen molar-refractivity contribution in [3.05, 3.63) is 28.5 Å². The van der Waals surface area contributed by atoms with Crippen LogP contribution in [0.2, 0.25) is 5.15 Å². The third kappa shape index (κ3) is 2.48.